The minimum absolute atomic E-state index is 0.165. The van der Waals surface area contributed by atoms with Crippen molar-refractivity contribution in [2.45, 2.75) is 124 Å². The fourth-order valence-electron chi connectivity index (χ4n) is 5.30. The Morgan fingerprint density at radius 3 is 1.81 bits per heavy atom. The van der Waals surface area contributed by atoms with Gasteiger partial charge in [-0.1, -0.05) is 121 Å². The van der Waals surface area contributed by atoms with E-state index in [0.717, 1.165) is 30.1 Å². The predicted octanol–water partition coefficient (Wildman–Crippen LogP) is 11.6. The molecule has 3 nitrogen and oxygen atoms in total. The molecule has 42 heavy (non-hydrogen) atoms. The van der Waals surface area contributed by atoms with Gasteiger partial charge in [-0.05, 0) is 91.6 Å². The molecule has 3 heteroatoms. The van der Waals surface area contributed by atoms with Gasteiger partial charge in [0.15, 0.2) is 0 Å². The van der Waals surface area contributed by atoms with E-state index in [4.69, 9.17) is 9.47 Å². The van der Waals surface area contributed by atoms with Gasteiger partial charge in [0.25, 0.3) is 0 Å². The van der Waals surface area contributed by atoms with Gasteiger partial charge in [-0.3, -0.25) is 0 Å². The standard InChI is InChI=1S/C39H54O3/c1-5-7-8-14-17-32(4)41-37-29-25-36(26-30-37)39(40)42-38-27-23-35(24-28-38)34-21-19-33(20-22-34)18-15-12-10-9-11-13-16-31(3)6-2/h19-32H,5-18H2,1-4H3/t31-,32+/m0/s1. The highest BCUT2D eigenvalue weighted by Crippen LogP contribution is 2.25. The summed E-state index contributed by atoms with van der Waals surface area (Å²) in [6.07, 6.45) is 18.1. The van der Waals surface area contributed by atoms with Gasteiger partial charge in [-0.2, -0.15) is 0 Å². The Balaban J connectivity index is 1.38. The summed E-state index contributed by atoms with van der Waals surface area (Å²) in [5, 5.41) is 0. The first-order chi connectivity index (χ1) is 20.5. The maximum Gasteiger partial charge on any atom is 0.343 e. The van der Waals surface area contributed by atoms with Crippen molar-refractivity contribution in [3.05, 3.63) is 83.9 Å². The Bertz CT molecular complexity index is 1130. The molecule has 0 aromatic heterocycles. The van der Waals surface area contributed by atoms with Crippen LogP contribution < -0.4 is 9.47 Å². The highest BCUT2D eigenvalue weighted by Gasteiger charge is 2.11. The molecule has 0 bridgehead atoms. The summed E-state index contributed by atoms with van der Waals surface area (Å²) in [6, 6.07) is 23.9. The number of rotatable bonds is 20. The van der Waals surface area contributed by atoms with Gasteiger partial charge >= 0.3 is 5.97 Å². The molecule has 228 valence electrons. The van der Waals surface area contributed by atoms with Crippen LogP contribution in [0.15, 0.2) is 72.8 Å². The molecule has 0 aliphatic rings. The molecule has 3 rings (SSSR count). The molecule has 0 aliphatic heterocycles. The van der Waals surface area contributed by atoms with Crippen LogP contribution in [0.1, 0.15) is 127 Å². The Kier molecular flexibility index (Phi) is 15.3. The second-order valence-electron chi connectivity index (χ2n) is 12.1. The van der Waals surface area contributed by atoms with Crippen LogP contribution in [0.5, 0.6) is 11.5 Å². The lowest BCUT2D eigenvalue weighted by Crippen LogP contribution is -2.12. The van der Waals surface area contributed by atoms with E-state index in [1.807, 2.05) is 36.4 Å². The van der Waals surface area contributed by atoms with E-state index in [2.05, 4.69) is 52.0 Å². The van der Waals surface area contributed by atoms with Crippen molar-refractivity contribution in [2.24, 2.45) is 5.92 Å². The predicted molar refractivity (Wildman–Crippen MR) is 178 cm³/mol. The van der Waals surface area contributed by atoms with E-state index in [9.17, 15) is 4.79 Å². The molecule has 0 N–H and O–H groups in total. The van der Waals surface area contributed by atoms with Gasteiger partial charge in [0.1, 0.15) is 11.5 Å². The van der Waals surface area contributed by atoms with Crippen molar-refractivity contribution in [3.8, 4) is 22.6 Å². The first-order valence-electron chi connectivity index (χ1n) is 16.7. The highest BCUT2D eigenvalue weighted by molar-refractivity contribution is 5.91. The van der Waals surface area contributed by atoms with E-state index >= 15 is 0 Å². The maximum atomic E-state index is 12.7. The van der Waals surface area contributed by atoms with Crippen molar-refractivity contribution >= 4 is 5.97 Å². The molecule has 0 saturated heterocycles. The zero-order valence-corrected chi connectivity index (χ0v) is 26.7. The van der Waals surface area contributed by atoms with Crippen LogP contribution in [0.3, 0.4) is 0 Å². The van der Waals surface area contributed by atoms with E-state index in [1.165, 1.54) is 88.2 Å². The molecule has 2 atom stereocenters. The summed E-state index contributed by atoms with van der Waals surface area (Å²) in [7, 11) is 0. The molecule has 0 spiro atoms. The second-order valence-corrected chi connectivity index (χ2v) is 12.1. The highest BCUT2D eigenvalue weighted by atomic mass is 16.5. The first kappa shape index (κ1) is 33.4. The van der Waals surface area contributed by atoms with E-state index < -0.39 is 0 Å². The molecule has 3 aromatic carbocycles. The van der Waals surface area contributed by atoms with Gasteiger partial charge in [-0.15, -0.1) is 0 Å². The van der Waals surface area contributed by atoms with Gasteiger partial charge < -0.3 is 9.47 Å². The van der Waals surface area contributed by atoms with E-state index in [1.54, 1.807) is 12.1 Å². The molecule has 0 fully saturated rings. The fraction of sp³-hybridized carbons (Fsp3) is 0.513. The van der Waals surface area contributed by atoms with Crippen molar-refractivity contribution < 1.29 is 14.3 Å². The number of hydrogen-bond acceptors (Lipinski definition) is 3. The summed E-state index contributed by atoms with van der Waals surface area (Å²) in [6.45, 7) is 8.98. The number of esters is 1. The number of carbonyl (C=O) groups is 1. The van der Waals surface area contributed by atoms with Gasteiger partial charge in [0.05, 0.1) is 11.7 Å². The third-order valence-electron chi connectivity index (χ3n) is 8.35. The molecule has 0 radical (unpaired) electrons. The Labute approximate surface area is 256 Å². The summed E-state index contributed by atoms with van der Waals surface area (Å²) in [4.78, 5) is 12.7. The molecule has 3 aromatic rings. The monoisotopic (exact) mass is 570 g/mol. The second kappa shape index (κ2) is 19.2. The lowest BCUT2D eigenvalue weighted by Gasteiger charge is -2.14. The van der Waals surface area contributed by atoms with Crippen LogP contribution in [0.25, 0.3) is 11.1 Å². The lowest BCUT2D eigenvalue weighted by atomic mass is 9.99. The largest absolute Gasteiger partial charge is 0.491 e. The topological polar surface area (TPSA) is 35.5 Å². The first-order valence-corrected chi connectivity index (χ1v) is 16.7. The normalized spacial score (nSPS) is 12.6. The minimum Gasteiger partial charge on any atom is -0.491 e. The van der Waals surface area contributed by atoms with Crippen LogP contribution >= 0.6 is 0 Å². The number of benzene rings is 3. The van der Waals surface area contributed by atoms with Crippen LogP contribution in [0.4, 0.5) is 0 Å². The zero-order valence-electron chi connectivity index (χ0n) is 26.7. The summed E-state index contributed by atoms with van der Waals surface area (Å²) < 4.78 is 11.6. The molecule has 0 saturated carbocycles. The van der Waals surface area contributed by atoms with Crippen LogP contribution in [-0.4, -0.2) is 12.1 Å². The Hall–Kier alpha value is -3.07. The van der Waals surface area contributed by atoms with Gasteiger partial charge in [0.2, 0.25) is 0 Å². The molecular weight excluding hydrogens is 516 g/mol. The van der Waals surface area contributed by atoms with Crippen molar-refractivity contribution in [3.63, 3.8) is 0 Å². The number of ether oxygens (including phenoxy) is 2. The minimum atomic E-state index is -0.364. The third-order valence-corrected chi connectivity index (χ3v) is 8.35. The average molecular weight is 571 g/mol. The Morgan fingerprint density at radius 2 is 1.17 bits per heavy atom. The number of unbranched alkanes of at least 4 members (excludes halogenated alkanes) is 8. The van der Waals surface area contributed by atoms with E-state index in [0.29, 0.717) is 11.3 Å². The van der Waals surface area contributed by atoms with Crippen LogP contribution in [0, 0.1) is 5.92 Å². The Morgan fingerprint density at radius 1 is 0.619 bits per heavy atom. The summed E-state index contributed by atoms with van der Waals surface area (Å²) >= 11 is 0. The average Bonchev–Trinajstić information content (AvgIpc) is 3.01. The van der Waals surface area contributed by atoms with Crippen LogP contribution in [0.2, 0.25) is 0 Å². The smallest absolute Gasteiger partial charge is 0.343 e. The van der Waals surface area contributed by atoms with Gasteiger partial charge in [0, 0.05) is 0 Å². The molecule has 0 amide bonds. The van der Waals surface area contributed by atoms with Gasteiger partial charge in [-0.25, -0.2) is 4.79 Å². The number of aryl methyl sites for hydroxylation is 1. The van der Waals surface area contributed by atoms with Crippen LogP contribution in [-0.2, 0) is 6.42 Å². The quantitative estimate of drug-likeness (QED) is 0.0770. The number of hydrogen-bond donors (Lipinski definition) is 0. The van der Waals surface area contributed by atoms with Crippen molar-refractivity contribution in [2.75, 3.05) is 0 Å². The van der Waals surface area contributed by atoms with Crippen molar-refractivity contribution in [1.82, 2.24) is 0 Å². The summed E-state index contributed by atoms with van der Waals surface area (Å²) in [5.74, 6) is 1.85. The third kappa shape index (κ3) is 12.4. The van der Waals surface area contributed by atoms with Crippen molar-refractivity contribution in [1.29, 1.82) is 0 Å². The molecular formula is C39H54O3. The SMILES string of the molecule is CCCCCC[C@@H](C)Oc1ccc(C(=O)Oc2ccc(-c3ccc(CCCCCCCC[C@@H](C)CC)cc3)cc2)cc1. The molecule has 0 aliphatic carbocycles. The fourth-order valence-corrected chi connectivity index (χ4v) is 5.30. The zero-order chi connectivity index (χ0) is 30.0. The molecule has 0 heterocycles. The van der Waals surface area contributed by atoms with E-state index in [-0.39, 0.29) is 12.1 Å². The maximum absolute atomic E-state index is 12.7. The molecule has 0 unspecified atom stereocenters. The summed E-state index contributed by atoms with van der Waals surface area (Å²) in [5.41, 5.74) is 4.20. The lowest BCUT2D eigenvalue weighted by molar-refractivity contribution is 0.0734. The number of carbonyl (C=O) groups excluding carboxylic acids is 1.